The summed E-state index contributed by atoms with van der Waals surface area (Å²) in [6.07, 6.45) is 2.58. The molecule has 0 atom stereocenters. The van der Waals surface area contributed by atoms with Crippen molar-refractivity contribution in [2.24, 2.45) is 5.92 Å². The third kappa shape index (κ3) is 5.84. The minimum Gasteiger partial charge on any atom is -0.389 e. The lowest BCUT2D eigenvalue weighted by Crippen LogP contribution is -2.51. The minimum absolute atomic E-state index is 0.558. The monoisotopic (exact) mass is 242 g/mol. The van der Waals surface area contributed by atoms with Gasteiger partial charge in [0.1, 0.15) is 0 Å². The predicted molar refractivity (Wildman–Crippen MR) is 73.2 cm³/mol. The van der Waals surface area contributed by atoms with Crippen LogP contribution in [0.4, 0.5) is 0 Å². The van der Waals surface area contributed by atoms with Crippen molar-refractivity contribution in [3.8, 4) is 0 Å². The maximum Gasteiger partial charge on any atom is 0.0718 e. The Morgan fingerprint density at radius 1 is 1.00 bits per heavy atom. The molecule has 0 aliphatic carbocycles. The number of nitrogens with zero attached hydrogens (tertiary/aromatic N) is 2. The number of rotatable bonds is 6. The molecule has 1 aliphatic heterocycles. The highest BCUT2D eigenvalue weighted by Gasteiger charge is 2.23. The fourth-order valence-electron chi connectivity index (χ4n) is 2.59. The van der Waals surface area contributed by atoms with Crippen LogP contribution >= 0.6 is 0 Å². The van der Waals surface area contributed by atoms with Gasteiger partial charge in [0.25, 0.3) is 0 Å². The molecular weight excluding hydrogens is 212 g/mol. The lowest BCUT2D eigenvalue weighted by Gasteiger charge is -2.38. The third-order valence-corrected chi connectivity index (χ3v) is 3.75. The number of hydrogen-bond acceptors (Lipinski definition) is 3. The van der Waals surface area contributed by atoms with Gasteiger partial charge in [-0.05, 0) is 19.8 Å². The van der Waals surface area contributed by atoms with Gasteiger partial charge in [-0.15, -0.1) is 0 Å². The van der Waals surface area contributed by atoms with Gasteiger partial charge in [0.2, 0.25) is 0 Å². The molecule has 0 aromatic carbocycles. The molecule has 1 saturated heterocycles. The first-order valence-corrected chi connectivity index (χ1v) is 7.11. The molecule has 17 heavy (non-hydrogen) atoms. The first-order valence-electron chi connectivity index (χ1n) is 7.11. The molecule has 0 saturated carbocycles. The first-order chi connectivity index (χ1) is 7.94. The van der Waals surface area contributed by atoms with Crippen LogP contribution in [0, 0.1) is 5.92 Å². The smallest absolute Gasteiger partial charge is 0.0718 e. The molecule has 1 N–H and O–H groups in total. The quantitative estimate of drug-likeness (QED) is 0.769. The Morgan fingerprint density at radius 3 is 1.88 bits per heavy atom. The largest absolute Gasteiger partial charge is 0.389 e. The molecule has 0 amide bonds. The van der Waals surface area contributed by atoms with Crippen LogP contribution in [0.25, 0.3) is 0 Å². The summed E-state index contributed by atoms with van der Waals surface area (Å²) in [7, 11) is 0. The van der Waals surface area contributed by atoms with Crippen LogP contribution in [0.1, 0.15) is 40.5 Å². The molecule has 3 heteroatoms. The Kier molecular flexibility index (Phi) is 5.90. The summed E-state index contributed by atoms with van der Waals surface area (Å²) < 4.78 is 0. The molecule has 3 nitrogen and oxygen atoms in total. The van der Waals surface area contributed by atoms with Gasteiger partial charge < -0.3 is 10.0 Å². The number of piperazine rings is 1. The van der Waals surface area contributed by atoms with Gasteiger partial charge >= 0.3 is 0 Å². The van der Waals surface area contributed by atoms with Crippen molar-refractivity contribution in [3.63, 3.8) is 0 Å². The summed E-state index contributed by atoms with van der Waals surface area (Å²) in [6.45, 7) is 14.9. The second-order valence-electron chi connectivity index (χ2n) is 6.07. The number of aliphatic hydroxyl groups is 1. The summed E-state index contributed by atoms with van der Waals surface area (Å²) in [5, 5.41) is 9.80. The van der Waals surface area contributed by atoms with E-state index in [4.69, 9.17) is 0 Å². The van der Waals surface area contributed by atoms with Gasteiger partial charge in [0.05, 0.1) is 5.60 Å². The molecule has 0 bridgehead atoms. The van der Waals surface area contributed by atoms with Crippen LogP contribution in [-0.4, -0.2) is 59.8 Å². The molecule has 1 heterocycles. The molecule has 0 aromatic rings. The van der Waals surface area contributed by atoms with Gasteiger partial charge in [-0.3, -0.25) is 4.90 Å². The Labute approximate surface area is 107 Å². The van der Waals surface area contributed by atoms with Crippen LogP contribution in [0.15, 0.2) is 0 Å². The first kappa shape index (κ1) is 14.9. The van der Waals surface area contributed by atoms with Crippen molar-refractivity contribution in [1.82, 2.24) is 9.80 Å². The Morgan fingerprint density at radius 2 is 1.47 bits per heavy atom. The van der Waals surface area contributed by atoms with Crippen LogP contribution in [-0.2, 0) is 0 Å². The molecular formula is C14H30N2O. The molecule has 0 aromatic heterocycles. The molecule has 0 radical (unpaired) electrons. The van der Waals surface area contributed by atoms with Gasteiger partial charge in [0.15, 0.2) is 0 Å². The van der Waals surface area contributed by atoms with E-state index in [0.29, 0.717) is 0 Å². The average Bonchev–Trinajstić information content (AvgIpc) is 2.26. The topological polar surface area (TPSA) is 26.7 Å². The second-order valence-corrected chi connectivity index (χ2v) is 6.07. The van der Waals surface area contributed by atoms with Crippen LogP contribution in [0.2, 0.25) is 0 Å². The van der Waals surface area contributed by atoms with E-state index in [2.05, 4.69) is 23.6 Å². The third-order valence-electron chi connectivity index (χ3n) is 3.75. The van der Waals surface area contributed by atoms with E-state index in [0.717, 1.165) is 38.6 Å². The predicted octanol–water partition coefficient (Wildman–Crippen LogP) is 1.81. The number of hydrogen-bond donors (Lipinski definition) is 1. The average molecular weight is 242 g/mol. The fourth-order valence-corrected chi connectivity index (χ4v) is 2.59. The highest BCUT2D eigenvalue weighted by molar-refractivity contribution is 4.78. The van der Waals surface area contributed by atoms with Crippen molar-refractivity contribution in [3.05, 3.63) is 0 Å². The maximum atomic E-state index is 9.80. The zero-order chi connectivity index (χ0) is 12.9. The minimum atomic E-state index is -0.558. The van der Waals surface area contributed by atoms with E-state index in [-0.39, 0.29) is 0 Å². The molecule has 102 valence electrons. The Hall–Kier alpha value is -0.120. The summed E-state index contributed by atoms with van der Waals surface area (Å²) in [5.74, 6) is 0.857. The van der Waals surface area contributed by atoms with Crippen molar-refractivity contribution >= 4 is 0 Å². The van der Waals surface area contributed by atoms with Crippen LogP contribution in [0.5, 0.6) is 0 Å². The summed E-state index contributed by atoms with van der Waals surface area (Å²) in [6, 6.07) is 0. The Balaban J connectivity index is 2.26. The van der Waals surface area contributed by atoms with E-state index in [9.17, 15) is 5.11 Å². The highest BCUT2D eigenvalue weighted by atomic mass is 16.3. The SMILES string of the molecule is CCC(CC)CN1CCN(CC(C)(C)O)CC1. The lowest BCUT2D eigenvalue weighted by atomic mass is 10.0. The van der Waals surface area contributed by atoms with Gasteiger partial charge in [0, 0.05) is 39.3 Å². The molecule has 1 aliphatic rings. The molecule has 0 spiro atoms. The zero-order valence-corrected chi connectivity index (χ0v) is 12.1. The normalized spacial score (nSPS) is 20.1. The standard InChI is InChI=1S/C14H30N2O/c1-5-13(6-2)11-15-7-9-16(10-8-15)12-14(3,4)17/h13,17H,5-12H2,1-4H3. The highest BCUT2D eigenvalue weighted by Crippen LogP contribution is 2.13. The number of β-amino-alcohol motifs (C(OH)–C–C–N with tert-alkyl or cyclic N) is 1. The van der Waals surface area contributed by atoms with Crippen molar-refractivity contribution in [1.29, 1.82) is 0 Å². The van der Waals surface area contributed by atoms with Gasteiger partial charge in [-0.1, -0.05) is 26.7 Å². The summed E-state index contributed by atoms with van der Waals surface area (Å²) in [4.78, 5) is 4.96. The van der Waals surface area contributed by atoms with E-state index in [1.54, 1.807) is 0 Å². The van der Waals surface area contributed by atoms with Crippen LogP contribution in [0.3, 0.4) is 0 Å². The van der Waals surface area contributed by atoms with E-state index < -0.39 is 5.60 Å². The second kappa shape index (κ2) is 6.72. The molecule has 0 unspecified atom stereocenters. The van der Waals surface area contributed by atoms with Crippen molar-refractivity contribution in [2.75, 3.05) is 39.3 Å². The summed E-state index contributed by atoms with van der Waals surface area (Å²) in [5.41, 5.74) is -0.558. The fraction of sp³-hybridized carbons (Fsp3) is 1.00. The molecule has 1 fully saturated rings. The summed E-state index contributed by atoms with van der Waals surface area (Å²) >= 11 is 0. The Bertz CT molecular complexity index is 201. The van der Waals surface area contributed by atoms with Gasteiger partial charge in [-0.2, -0.15) is 0 Å². The van der Waals surface area contributed by atoms with Crippen molar-refractivity contribution in [2.45, 2.75) is 46.1 Å². The van der Waals surface area contributed by atoms with E-state index in [1.165, 1.54) is 19.4 Å². The maximum absolute atomic E-state index is 9.80. The van der Waals surface area contributed by atoms with E-state index >= 15 is 0 Å². The van der Waals surface area contributed by atoms with Crippen molar-refractivity contribution < 1.29 is 5.11 Å². The lowest BCUT2D eigenvalue weighted by molar-refractivity contribution is 0.0155. The molecule has 1 rings (SSSR count). The van der Waals surface area contributed by atoms with Gasteiger partial charge in [-0.25, -0.2) is 0 Å². The zero-order valence-electron chi connectivity index (χ0n) is 12.1. The van der Waals surface area contributed by atoms with E-state index in [1.807, 2.05) is 13.8 Å². The van der Waals surface area contributed by atoms with Crippen LogP contribution < -0.4 is 0 Å².